The van der Waals surface area contributed by atoms with E-state index in [2.05, 4.69) is 27.7 Å². The standard InChI is InChI=1S/C12H26O2Si/c1-10(2)9-15(13-5,11(3)4)12-7-6-8-14-12/h10-12H,6-9H2,1-5H3. The van der Waals surface area contributed by atoms with Crippen LogP contribution in [0.4, 0.5) is 0 Å². The topological polar surface area (TPSA) is 18.5 Å². The fraction of sp³-hybridized carbons (Fsp3) is 1.00. The van der Waals surface area contributed by atoms with Crippen LogP contribution in [-0.2, 0) is 9.16 Å². The highest BCUT2D eigenvalue weighted by atomic mass is 28.4. The van der Waals surface area contributed by atoms with E-state index in [1.807, 2.05) is 7.11 Å². The first-order chi connectivity index (χ1) is 7.03. The zero-order valence-electron chi connectivity index (χ0n) is 10.9. The van der Waals surface area contributed by atoms with E-state index in [9.17, 15) is 0 Å². The van der Waals surface area contributed by atoms with E-state index in [4.69, 9.17) is 9.16 Å². The van der Waals surface area contributed by atoms with E-state index in [0.717, 1.165) is 6.61 Å². The summed E-state index contributed by atoms with van der Waals surface area (Å²) in [6, 6.07) is 1.23. The molecule has 1 rings (SSSR count). The largest absolute Gasteiger partial charge is 0.417 e. The maximum absolute atomic E-state index is 6.01. The highest BCUT2D eigenvalue weighted by molar-refractivity contribution is 6.76. The Morgan fingerprint density at radius 3 is 2.33 bits per heavy atom. The van der Waals surface area contributed by atoms with Crippen LogP contribution < -0.4 is 0 Å². The van der Waals surface area contributed by atoms with Crippen LogP contribution in [0.2, 0.25) is 11.6 Å². The molecule has 1 fully saturated rings. The van der Waals surface area contributed by atoms with E-state index in [1.54, 1.807) is 0 Å². The van der Waals surface area contributed by atoms with Gasteiger partial charge in [-0.15, -0.1) is 0 Å². The Bertz CT molecular complexity index is 188. The van der Waals surface area contributed by atoms with Gasteiger partial charge in [0.1, 0.15) is 0 Å². The Balaban J connectivity index is 2.81. The van der Waals surface area contributed by atoms with Gasteiger partial charge >= 0.3 is 0 Å². The van der Waals surface area contributed by atoms with Gasteiger partial charge in [0.25, 0.3) is 0 Å². The number of rotatable bonds is 5. The molecule has 3 heteroatoms. The molecular weight excluding hydrogens is 204 g/mol. The molecule has 0 aromatic carbocycles. The predicted octanol–water partition coefficient (Wildman–Crippen LogP) is 3.36. The quantitative estimate of drug-likeness (QED) is 0.674. The van der Waals surface area contributed by atoms with Gasteiger partial charge in [0.15, 0.2) is 0 Å². The first-order valence-corrected chi connectivity index (χ1v) is 8.46. The molecule has 2 nitrogen and oxygen atoms in total. The van der Waals surface area contributed by atoms with Gasteiger partial charge in [-0.05, 0) is 30.3 Å². The lowest BCUT2D eigenvalue weighted by atomic mass is 10.3. The predicted molar refractivity (Wildman–Crippen MR) is 66.5 cm³/mol. The number of hydrogen-bond acceptors (Lipinski definition) is 2. The van der Waals surface area contributed by atoms with Gasteiger partial charge in [-0.1, -0.05) is 27.7 Å². The van der Waals surface area contributed by atoms with Crippen LogP contribution in [-0.4, -0.2) is 27.8 Å². The van der Waals surface area contributed by atoms with Crippen molar-refractivity contribution in [2.24, 2.45) is 5.92 Å². The molecule has 1 saturated heterocycles. The Kier molecular flexibility index (Phi) is 4.81. The Morgan fingerprint density at radius 1 is 1.33 bits per heavy atom. The third-order valence-electron chi connectivity index (χ3n) is 3.56. The molecule has 1 aliphatic rings. The molecule has 1 aliphatic heterocycles. The minimum atomic E-state index is -1.70. The summed E-state index contributed by atoms with van der Waals surface area (Å²) >= 11 is 0. The van der Waals surface area contributed by atoms with Crippen molar-refractivity contribution in [3.8, 4) is 0 Å². The van der Waals surface area contributed by atoms with Crippen molar-refractivity contribution in [2.75, 3.05) is 13.7 Å². The third-order valence-corrected chi connectivity index (χ3v) is 9.27. The van der Waals surface area contributed by atoms with Gasteiger partial charge in [0.2, 0.25) is 8.32 Å². The van der Waals surface area contributed by atoms with Crippen LogP contribution in [0.15, 0.2) is 0 Å². The lowest BCUT2D eigenvalue weighted by molar-refractivity contribution is 0.136. The SMILES string of the molecule is CO[Si](CC(C)C)(C(C)C)C1CCCO1. The first-order valence-electron chi connectivity index (χ1n) is 6.19. The molecule has 0 saturated carbocycles. The molecule has 0 aromatic rings. The van der Waals surface area contributed by atoms with Gasteiger partial charge in [0, 0.05) is 13.7 Å². The fourth-order valence-electron chi connectivity index (χ4n) is 2.79. The minimum Gasteiger partial charge on any atom is -0.417 e. The molecule has 0 aliphatic carbocycles. The highest BCUT2D eigenvalue weighted by Gasteiger charge is 2.47. The third kappa shape index (κ3) is 2.83. The molecule has 0 spiro atoms. The van der Waals surface area contributed by atoms with Crippen molar-refractivity contribution < 1.29 is 9.16 Å². The zero-order chi connectivity index (χ0) is 11.5. The van der Waals surface area contributed by atoms with Gasteiger partial charge in [0.05, 0.1) is 5.73 Å². The highest BCUT2D eigenvalue weighted by Crippen LogP contribution is 2.37. The average Bonchev–Trinajstić information content (AvgIpc) is 2.66. The maximum atomic E-state index is 6.01. The van der Waals surface area contributed by atoms with Crippen LogP contribution in [0.3, 0.4) is 0 Å². The van der Waals surface area contributed by atoms with E-state index >= 15 is 0 Å². The summed E-state index contributed by atoms with van der Waals surface area (Å²) in [7, 11) is 0.200. The van der Waals surface area contributed by atoms with Crippen molar-refractivity contribution in [2.45, 2.75) is 57.8 Å². The second-order valence-corrected chi connectivity index (χ2v) is 9.94. The van der Waals surface area contributed by atoms with Crippen LogP contribution in [0.1, 0.15) is 40.5 Å². The summed E-state index contributed by atoms with van der Waals surface area (Å²) in [5.74, 6) is 0.711. The van der Waals surface area contributed by atoms with Crippen molar-refractivity contribution in [3.63, 3.8) is 0 Å². The lowest BCUT2D eigenvalue weighted by Gasteiger charge is -2.39. The van der Waals surface area contributed by atoms with Crippen LogP contribution in [0.25, 0.3) is 0 Å². The Hall–Kier alpha value is 0.137. The van der Waals surface area contributed by atoms with Gasteiger partial charge in [-0.25, -0.2) is 0 Å². The summed E-state index contributed by atoms with van der Waals surface area (Å²) in [6.07, 6.45) is 2.43. The van der Waals surface area contributed by atoms with Crippen molar-refractivity contribution >= 4 is 8.32 Å². The van der Waals surface area contributed by atoms with E-state index in [1.165, 1.54) is 18.9 Å². The average molecular weight is 230 g/mol. The van der Waals surface area contributed by atoms with E-state index < -0.39 is 8.32 Å². The molecule has 15 heavy (non-hydrogen) atoms. The van der Waals surface area contributed by atoms with Crippen LogP contribution in [0.5, 0.6) is 0 Å². The number of hydrogen-bond donors (Lipinski definition) is 0. The molecule has 1 heterocycles. The van der Waals surface area contributed by atoms with Gasteiger partial charge in [-0.3, -0.25) is 0 Å². The summed E-state index contributed by atoms with van der Waals surface area (Å²) in [4.78, 5) is 0. The normalized spacial score (nSPS) is 26.2. The Morgan fingerprint density at radius 2 is 2.00 bits per heavy atom. The Labute approximate surface area is 95.5 Å². The second kappa shape index (κ2) is 5.46. The monoisotopic (exact) mass is 230 g/mol. The van der Waals surface area contributed by atoms with Crippen molar-refractivity contribution in [1.82, 2.24) is 0 Å². The summed E-state index contributed by atoms with van der Waals surface area (Å²) in [6.45, 7) is 10.1. The molecule has 0 N–H and O–H groups in total. The lowest BCUT2D eigenvalue weighted by Crippen LogP contribution is -2.53. The molecule has 0 aromatic heterocycles. The molecule has 90 valence electrons. The molecule has 2 unspecified atom stereocenters. The van der Waals surface area contributed by atoms with Crippen molar-refractivity contribution in [1.29, 1.82) is 0 Å². The molecule has 2 atom stereocenters. The molecule has 0 bridgehead atoms. The second-order valence-electron chi connectivity index (χ2n) is 5.41. The molecular formula is C12H26O2Si. The molecule has 0 amide bonds. The summed E-state index contributed by atoms with van der Waals surface area (Å²) < 4.78 is 11.9. The molecule has 0 radical (unpaired) electrons. The van der Waals surface area contributed by atoms with Gasteiger partial charge < -0.3 is 9.16 Å². The van der Waals surface area contributed by atoms with Crippen LogP contribution in [0, 0.1) is 5.92 Å². The van der Waals surface area contributed by atoms with Crippen molar-refractivity contribution in [3.05, 3.63) is 0 Å². The summed E-state index contributed by atoms with van der Waals surface area (Å²) in [5, 5.41) is 0. The van der Waals surface area contributed by atoms with Gasteiger partial charge in [-0.2, -0.15) is 0 Å². The van der Waals surface area contributed by atoms with Crippen LogP contribution >= 0.6 is 0 Å². The maximum Gasteiger partial charge on any atom is 0.223 e. The fourth-order valence-corrected chi connectivity index (χ4v) is 7.54. The zero-order valence-corrected chi connectivity index (χ0v) is 11.9. The summed E-state index contributed by atoms with van der Waals surface area (Å²) in [5.41, 5.74) is 1.08. The van der Waals surface area contributed by atoms with E-state index in [-0.39, 0.29) is 0 Å². The number of ether oxygens (including phenoxy) is 1. The smallest absolute Gasteiger partial charge is 0.223 e. The minimum absolute atomic E-state index is 0.435. The van der Waals surface area contributed by atoms with E-state index in [0.29, 0.717) is 17.2 Å². The first kappa shape index (κ1) is 13.2.